The van der Waals surface area contributed by atoms with Crippen molar-refractivity contribution in [3.05, 3.63) is 23.9 Å². The molecule has 1 aromatic rings. The van der Waals surface area contributed by atoms with Crippen LogP contribution >= 0.6 is 22.9 Å². The van der Waals surface area contributed by atoms with Crippen LogP contribution in [-0.4, -0.2) is 23.2 Å². The number of ether oxygens (including phenoxy) is 1. The van der Waals surface area contributed by atoms with Gasteiger partial charge in [-0.15, -0.1) is 22.9 Å². The van der Waals surface area contributed by atoms with Gasteiger partial charge >= 0.3 is 0 Å². The van der Waals surface area contributed by atoms with E-state index in [-0.39, 0.29) is 11.5 Å². The molecule has 1 saturated carbocycles. The highest BCUT2D eigenvalue weighted by Crippen LogP contribution is 2.42. The molecule has 0 unspecified atom stereocenters. The first-order valence-corrected chi connectivity index (χ1v) is 11.7. The normalized spacial score (nSPS) is 25.7. The summed E-state index contributed by atoms with van der Waals surface area (Å²) < 4.78 is 5.45. The van der Waals surface area contributed by atoms with Gasteiger partial charge in [0.15, 0.2) is 5.06 Å². The summed E-state index contributed by atoms with van der Waals surface area (Å²) in [6.07, 6.45) is 12.9. The number of halogens is 1. The first-order chi connectivity index (χ1) is 12.7. The molecule has 1 fully saturated rings. The van der Waals surface area contributed by atoms with Gasteiger partial charge in [0, 0.05) is 10.3 Å². The van der Waals surface area contributed by atoms with Crippen molar-refractivity contribution in [3.8, 4) is 5.06 Å². The van der Waals surface area contributed by atoms with E-state index in [1.807, 2.05) is 6.07 Å². The van der Waals surface area contributed by atoms with Crippen molar-refractivity contribution in [2.45, 2.75) is 89.0 Å². The third kappa shape index (κ3) is 7.05. The molecule has 1 aromatic heterocycles. The lowest BCUT2D eigenvalue weighted by Gasteiger charge is -2.23. The molecule has 0 aliphatic heterocycles. The van der Waals surface area contributed by atoms with Crippen LogP contribution in [0.25, 0.3) is 0 Å². The molecule has 26 heavy (non-hydrogen) atoms. The molecule has 0 aromatic carbocycles. The van der Waals surface area contributed by atoms with E-state index >= 15 is 0 Å². The van der Waals surface area contributed by atoms with E-state index in [2.05, 4.69) is 19.9 Å². The second-order valence-corrected chi connectivity index (χ2v) is 9.36. The van der Waals surface area contributed by atoms with Gasteiger partial charge in [0.05, 0.1) is 12.7 Å². The van der Waals surface area contributed by atoms with E-state index in [1.54, 1.807) is 11.3 Å². The van der Waals surface area contributed by atoms with Gasteiger partial charge in [-0.25, -0.2) is 0 Å². The van der Waals surface area contributed by atoms with Crippen LogP contribution in [0.2, 0.25) is 0 Å². The lowest BCUT2D eigenvalue weighted by atomic mass is 9.85. The predicted octanol–water partition coefficient (Wildman–Crippen LogP) is 6.64. The minimum absolute atomic E-state index is 0.142. The summed E-state index contributed by atoms with van der Waals surface area (Å²) in [5.74, 6) is 0.870. The highest BCUT2D eigenvalue weighted by molar-refractivity contribution is 7.13. The van der Waals surface area contributed by atoms with Crippen LogP contribution in [0, 0.1) is 18.8 Å². The summed E-state index contributed by atoms with van der Waals surface area (Å²) in [4.78, 5) is 1.37. The van der Waals surface area contributed by atoms with Gasteiger partial charge in [0.25, 0.3) is 0 Å². The zero-order valence-electron chi connectivity index (χ0n) is 16.3. The van der Waals surface area contributed by atoms with Crippen LogP contribution < -0.4 is 4.74 Å². The van der Waals surface area contributed by atoms with Gasteiger partial charge in [0.2, 0.25) is 0 Å². The Morgan fingerprint density at radius 2 is 1.85 bits per heavy atom. The number of aliphatic hydroxyl groups is 1. The van der Waals surface area contributed by atoms with Crippen LogP contribution in [0.3, 0.4) is 0 Å². The number of aliphatic hydroxyl groups excluding tert-OH is 1. The van der Waals surface area contributed by atoms with Crippen molar-refractivity contribution in [1.29, 1.82) is 0 Å². The van der Waals surface area contributed by atoms with E-state index in [4.69, 9.17) is 16.3 Å². The van der Waals surface area contributed by atoms with Crippen molar-refractivity contribution in [2.75, 3.05) is 6.61 Å². The maximum absolute atomic E-state index is 10.4. The number of aryl methyl sites for hydroxylation is 1. The first-order valence-electron chi connectivity index (χ1n) is 10.5. The minimum Gasteiger partial charge on any atom is -0.484 e. The lowest BCUT2D eigenvalue weighted by Crippen LogP contribution is -2.21. The molecule has 1 aliphatic carbocycles. The third-order valence-corrected chi connectivity index (χ3v) is 7.27. The Bertz CT molecular complexity index is 490. The van der Waals surface area contributed by atoms with Crippen molar-refractivity contribution in [2.24, 2.45) is 11.8 Å². The number of rotatable bonds is 13. The summed E-state index contributed by atoms with van der Waals surface area (Å²) in [6.45, 7) is 6.45. The Balaban J connectivity index is 1.72. The molecule has 0 saturated heterocycles. The fraction of sp³-hybridized carbons (Fsp3) is 0.773. The van der Waals surface area contributed by atoms with Gasteiger partial charge in [-0.1, -0.05) is 45.4 Å². The molecule has 149 valence electrons. The fourth-order valence-electron chi connectivity index (χ4n) is 4.28. The van der Waals surface area contributed by atoms with Crippen LogP contribution in [0.5, 0.6) is 5.06 Å². The van der Waals surface area contributed by atoms with E-state index in [0.29, 0.717) is 18.4 Å². The summed E-state index contributed by atoms with van der Waals surface area (Å²) in [7, 11) is 0. The second kappa shape index (κ2) is 12.3. The smallest absolute Gasteiger partial charge is 0.173 e. The van der Waals surface area contributed by atoms with Gasteiger partial charge < -0.3 is 9.84 Å². The lowest BCUT2D eigenvalue weighted by molar-refractivity contribution is 0.107. The molecule has 0 amide bonds. The molecule has 0 spiro atoms. The van der Waals surface area contributed by atoms with Crippen molar-refractivity contribution in [1.82, 2.24) is 0 Å². The highest BCUT2D eigenvalue weighted by atomic mass is 35.5. The number of hydrogen-bond acceptors (Lipinski definition) is 3. The zero-order valence-corrected chi connectivity index (χ0v) is 17.9. The Hall–Kier alpha value is -0.250. The van der Waals surface area contributed by atoms with Gasteiger partial charge in [-0.05, 0) is 63.0 Å². The fourth-order valence-corrected chi connectivity index (χ4v) is 5.69. The Morgan fingerprint density at radius 3 is 2.62 bits per heavy atom. The van der Waals surface area contributed by atoms with Crippen molar-refractivity contribution in [3.63, 3.8) is 0 Å². The standard InChI is InChI=1S/C22H36ClO2S/c1-3-5-6-7-8-9-12-19-18(20(23)16-21(19)24)13-10-11-17-14-15-22(26-17)25-4-2/h14-15,18-21,24H,2-13,16H2,1H3/t18-,19-,20-,21-/m1/s1. The molecule has 4 heteroatoms. The number of unbranched alkanes of at least 4 members (excludes halogenated alkanes) is 5. The summed E-state index contributed by atoms with van der Waals surface area (Å²) in [5, 5.41) is 11.5. The van der Waals surface area contributed by atoms with Gasteiger partial charge in [-0.3, -0.25) is 0 Å². The van der Waals surface area contributed by atoms with E-state index in [9.17, 15) is 5.11 Å². The second-order valence-electron chi connectivity index (χ2n) is 7.66. The maximum Gasteiger partial charge on any atom is 0.173 e. The largest absolute Gasteiger partial charge is 0.484 e. The van der Waals surface area contributed by atoms with Crippen LogP contribution in [0.1, 0.15) is 76.0 Å². The van der Waals surface area contributed by atoms with E-state index in [0.717, 1.165) is 37.2 Å². The Morgan fingerprint density at radius 1 is 1.12 bits per heavy atom. The quantitative estimate of drug-likeness (QED) is 0.297. The molecular formula is C22H36ClO2S. The summed E-state index contributed by atoms with van der Waals surface area (Å²) in [6, 6.07) is 4.20. The van der Waals surface area contributed by atoms with Crippen molar-refractivity contribution < 1.29 is 9.84 Å². The number of thiophene rings is 1. The summed E-state index contributed by atoms with van der Waals surface area (Å²) >= 11 is 8.31. The summed E-state index contributed by atoms with van der Waals surface area (Å²) in [5.41, 5.74) is 0. The average molecular weight is 400 g/mol. The van der Waals surface area contributed by atoms with Gasteiger partial charge in [-0.2, -0.15) is 0 Å². The average Bonchev–Trinajstić information content (AvgIpc) is 3.16. The molecule has 1 heterocycles. The molecule has 0 bridgehead atoms. The SMILES string of the molecule is [CH2]COc1ccc(CCC[C@@H]2[C@@H](CCCCCCCC)[C@H](O)C[C@H]2Cl)s1. The monoisotopic (exact) mass is 399 g/mol. The molecule has 2 nitrogen and oxygen atoms in total. The molecular weight excluding hydrogens is 364 g/mol. The first kappa shape index (κ1) is 22.0. The molecule has 4 atom stereocenters. The Labute approximate surface area is 169 Å². The highest BCUT2D eigenvalue weighted by Gasteiger charge is 2.40. The molecule has 2 rings (SSSR count). The number of hydrogen-bond donors (Lipinski definition) is 1. The minimum atomic E-state index is -0.197. The third-order valence-electron chi connectivity index (χ3n) is 5.71. The number of alkyl halides is 1. The van der Waals surface area contributed by atoms with Crippen molar-refractivity contribution >= 4 is 22.9 Å². The van der Waals surface area contributed by atoms with Crippen LogP contribution in [-0.2, 0) is 6.42 Å². The van der Waals surface area contributed by atoms with Crippen LogP contribution in [0.15, 0.2) is 12.1 Å². The molecule has 1 radical (unpaired) electrons. The zero-order chi connectivity index (χ0) is 18.8. The van der Waals surface area contributed by atoms with E-state index in [1.165, 1.54) is 43.4 Å². The maximum atomic E-state index is 10.4. The predicted molar refractivity (Wildman–Crippen MR) is 113 cm³/mol. The molecule has 1 N–H and O–H groups in total. The topological polar surface area (TPSA) is 29.5 Å². The van der Waals surface area contributed by atoms with E-state index < -0.39 is 0 Å². The molecule has 1 aliphatic rings. The Kier molecular flexibility index (Phi) is 10.4. The van der Waals surface area contributed by atoms with Gasteiger partial charge in [0.1, 0.15) is 0 Å². The van der Waals surface area contributed by atoms with Crippen LogP contribution in [0.4, 0.5) is 0 Å².